The van der Waals surface area contributed by atoms with E-state index < -0.39 is 0 Å². The van der Waals surface area contributed by atoms with Gasteiger partial charge in [0.2, 0.25) is 0 Å². The first kappa shape index (κ1) is 9.90. The molecule has 3 aliphatic rings. The second-order valence-corrected chi connectivity index (χ2v) is 4.96. The summed E-state index contributed by atoms with van der Waals surface area (Å²) in [6.45, 7) is 0. The average Bonchev–Trinajstić information content (AvgIpc) is 2.70. The van der Waals surface area contributed by atoms with Crippen LogP contribution in [0.2, 0.25) is 0 Å². The molecule has 1 aromatic rings. The first-order valence-electron chi connectivity index (χ1n) is 6.49. The minimum absolute atomic E-state index is 0.465. The maximum absolute atomic E-state index is 2.36. The topological polar surface area (TPSA) is 0 Å². The molecule has 18 heavy (non-hydrogen) atoms. The van der Waals surface area contributed by atoms with E-state index in [1.807, 2.05) is 0 Å². The molecule has 0 saturated heterocycles. The van der Waals surface area contributed by atoms with Gasteiger partial charge in [0.15, 0.2) is 0 Å². The lowest BCUT2D eigenvalue weighted by Crippen LogP contribution is -2.03. The molecule has 0 heterocycles. The van der Waals surface area contributed by atoms with Crippen LogP contribution in [-0.4, -0.2) is 0 Å². The van der Waals surface area contributed by atoms with Gasteiger partial charge in [-0.1, -0.05) is 66.8 Å². The fourth-order valence-electron chi connectivity index (χ4n) is 3.22. The van der Waals surface area contributed by atoms with Gasteiger partial charge in [0.25, 0.3) is 0 Å². The molecule has 0 aromatic heterocycles. The van der Waals surface area contributed by atoms with Gasteiger partial charge in [0, 0.05) is 5.92 Å². The van der Waals surface area contributed by atoms with Crippen molar-refractivity contribution < 1.29 is 0 Å². The van der Waals surface area contributed by atoms with E-state index in [0.717, 1.165) is 6.42 Å². The summed E-state index contributed by atoms with van der Waals surface area (Å²) in [5.74, 6) is 0.465. The smallest absolute Gasteiger partial charge is 0.0284 e. The third-order valence-electron chi connectivity index (χ3n) is 3.98. The number of allylic oxidation sites excluding steroid dienone is 10. The predicted molar refractivity (Wildman–Crippen MR) is 76.2 cm³/mol. The Kier molecular flexibility index (Phi) is 2.04. The lowest BCUT2D eigenvalue weighted by molar-refractivity contribution is 0.965. The zero-order valence-corrected chi connectivity index (χ0v) is 10.1. The molecule has 0 N–H and O–H groups in total. The van der Waals surface area contributed by atoms with Crippen molar-refractivity contribution >= 4 is 5.57 Å². The van der Waals surface area contributed by atoms with Crippen molar-refractivity contribution in [2.75, 3.05) is 0 Å². The maximum atomic E-state index is 2.36. The molecule has 1 aromatic carbocycles. The Hall–Kier alpha value is -2.08. The van der Waals surface area contributed by atoms with Crippen LogP contribution in [0.1, 0.15) is 23.5 Å². The highest BCUT2D eigenvalue weighted by Crippen LogP contribution is 2.49. The minimum Gasteiger partial charge on any atom is -0.0832 e. The summed E-state index contributed by atoms with van der Waals surface area (Å²) < 4.78 is 0. The quantitative estimate of drug-likeness (QED) is 0.573. The van der Waals surface area contributed by atoms with E-state index in [1.165, 1.54) is 27.8 Å². The molecule has 0 nitrogen and oxygen atoms in total. The van der Waals surface area contributed by atoms with Crippen LogP contribution in [0.4, 0.5) is 0 Å². The molecule has 4 rings (SSSR count). The van der Waals surface area contributed by atoms with E-state index in [2.05, 4.69) is 66.8 Å². The third kappa shape index (κ3) is 1.26. The number of hydrogen-bond donors (Lipinski definition) is 0. The zero-order chi connectivity index (χ0) is 11.9. The molecule has 0 radical (unpaired) electrons. The van der Waals surface area contributed by atoms with Gasteiger partial charge < -0.3 is 0 Å². The van der Waals surface area contributed by atoms with E-state index in [1.54, 1.807) is 0 Å². The first-order valence-corrected chi connectivity index (χ1v) is 6.49. The fourth-order valence-corrected chi connectivity index (χ4v) is 3.22. The lowest BCUT2D eigenvalue weighted by atomic mass is 9.84. The highest BCUT2D eigenvalue weighted by atomic mass is 14.3. The van der Waals surface area contributed by atoms with Gasteiger partial charge in [-0.2, -0.15) is 0 Å². The van der Waals surface area contributed by atoms with Crippen LogP contribution >= 0.6 is 0 Å². The Balaban J connectivity index is 2.05. The van der Waals surface area contributed by atoms with Gasteiger partial charge in [-0.05, 0) is 34.3 Å². The van der Waals surface area contributed by atoms with E-state index in [9.17, 15) is 0 Å². The maximum Gasteiger partial charge on any atom is 0.0284 e. The van der Waals surface area contributed by atoms with Crippen molar-refractivity contribution in [1.82, 2.24) is 0 Å². The molecule has 0 bridgehead atoms. The first-order chi connectivity index (χ1) is 8.95. The van der Waals surface area contributed by atoms with Crippen molar-refractivity contribution in [1.29, 1.82) is 0 Å². The standard InChI is InChI=1S/C18H14/c1-2-7-13-8-6-12-17-15-10-5-4-9-14(15)16(11-3-1)18(13)17/h1-7,9-12,17H,8H2. The number of benzene rings is 1. The summed E-state index contributed by atoms with van der Waals surface area (Å²) in [6, 6.07) is 8.79. The van der Waals surface area contributed by atoms with E-state index >= 15 is 0 Å². The van der Waals surface area contributed by atoms with Gasteiger partial charge >= 0.3 is 0 Å². The van der Waals surface area contributed by atoms with Gasteiger partial charge in [-0.3, -0.25) is 0 Å². The summed E-state index contributed by atoms with van der Waals surface area (Å²) in [5.41, 5.74) is 7.25. The molecular weight excluding hydrogens is 216 g/mol. The van der Waals surface area contributed by atoms with Crippen molar-refractivity contribution in [3.63, 3.8) is 0 Å². The number of fused-ring (bicyclic) bond motifs is 3. The summed E-state index contributed by atoms with van der Waals surface area (Å²) in [5, 5.41) is 0. The van der Waals surface area contributed by atoms with Crippen LogP contribution in [0, 0.1) is 0 Å². The average molecular weight is 230 g/mol. The fraction of sp³-hybridized carbons (Fsp3) is 0.111. The molecule has 0 amide bonds. The monoisotopic (exact) mass is 230 g/mol. The van der Waals surface area contributed by atoms with Gasteiger partial charge in [-0.25, -0.2) is 0 Å². The van der Waals surface area contributed by atoms with Crippen molar-refractivity contribution in [3.8, 4) is 0 Å². The Morgan fingerprint density at radius 2 is 1.94 bits per heavy atom. The van der Waals surface area contributed by atoms with Gasteiger partial charge in [0.05, 0.1) is 0 Å². The largest absolute Gasteiger partial charge is 0.0832 e. The Labute approximate surface area is 107 Å². The van der Waals surface area contributed by atoms with Crippen LogP contribution in [0.3, 0.4) is 0 Å². The van der Waals surface area contributed by atoms with Gasteiger partial charge in [0.1, 0.15) is 0 Å². The molecule has 1 unspecified atom stereocenters. The molecule has 1 atom stereocenters. The molecule has 0 aliphatic heterocycles. The van der Waals surface area contributed by atoms with Crippen LogP contribution < -0.4 is 0 Å². The predicted octanol–water partition coefficient (Wildman–Crippen LogP) is 4.55. The zero-order valence-electron chi connectivity index (χ0n) is 10.1. The molecule has 3 aliphatic carbocycles. The molecule has 0 fully saturated rings. The van der Waals surface area contributed by atoms with E-state index in [4.69, 9.17) is 0 Å². The summed E-state index contributed by atoms with van der Waals surface area (Å²) in [7, 11) is 0. The molecule has 86 valence electrons. The summed E-state index contributed by atoms with van der Waals surface area (Å²) in [6.07, 6.45) is 16.7. The second-order valence-electron chi connectivity index (χ2n) is 4.96. The molecule has 0 spiro atoms. The van der Waals surface area contributed by atoms with Crippen LogP contribution in [-0.2, 0) is 0 Å². The Bertz CT molecular complexity index is 663. The number of hydrogen-bond acceptors (Lipinski definition) is 0. The Morgan fingerprint density at radius 1 is 1.00 bits per heavy atom. The lowest BCUT2D eigenvalue weighted by Gasteiger charge is -2.20. The highest BCUT2D eigenvalue weighted by Gasteiger charge is 2.31. The van der Waals surface area contributed by atoms with Crippen molar-refractivity contribution in [2.45, 2.75) is 12.3 Å². The summed E-state index contributed by atoms with van der Waals surface area (Å²) in [4.78, 5) is 0. The van der Waals surface area contributed by atoms with Crippen molar-refractivity contribution in [2.24, 2.45) is 0 Å². The molecule has 0 saturated carbocycles. The van der Waals surface area contributed by atoms with E-state index in [0.29, 0.717) is 5.92 Å². The van der Waals surface area contributed by atoms with E-state index in [-0.39, 0.29) is 0 Å². The minimum atomic E-state index is 0.465. The molecular formula is C18H14. The van der Waals surface area contributed by atoms with Crippen LogP contribution in [0.15, 0.2) is 77.9 Å². The van der Waals surface area contributed by atoms with Crippen LogP contribution in [0.5, 0.6) is 0 Å². The van der Waals surface area contributed by atoms with Crippen molar-refractivity contribution in [3.05, 3.63) is 89.1 Å². The third-order valence-corrected chi connectivity index (χ3v) is 3.98. The molecule has 0 heteroatoms. The summed E-state index contributed by atoms with van der Waals surface area (Å²) >= 11 is 0. The SMILES string of the molecule is C1=CC=C2CC=CC3C2=C(C=C1)c1ccccc13. The number of rotatable bonds is 0. The van der Waals surface area contributed by atoms with Crippen LogP contribution in [0.25, 0.3) is 5.57 Å². The highest BCUT2D eigenvalue weighted by molar-refractivity contribution is 5.89. The Morgan fingerprint density at radius 3 is 2.94 bits per heavy atom. The second kappa shape index (κ2) is 3.71. The normalized spacial score (nSPS) is 23.3. The van der Waals surface area contributed by atoms with Gasteiger partial charge in [-0.15, -0.1) is 0 Å².